The molecule has 1 N–H and O–H groups in total. The molecule has 4 nitrogen and oxygen atoms in total. The summed E-state index contributed by atoms with van der Waals surface area (Å²) in [5.41, 5.74) is 1.94. The predicted octanol–water partition coefficient (Wildman–Crippen LogP) is 3.45. The summed E-state index contributed by atoms with van der Waals surface area (Å²) in [6.07, 6.45) is 4.44. The summed E-state index contributed by atoms with van der Waals surface area (Å²) in [5, 5.41) is 3.80. The van der Waals surface area contributed by atoms with E-state index in [2.05, 4.69) is 5.32 Å². The largest absolute Gasteiger partial charge is 0.466 e. The first kappa shape index (κ1) is 16.9. The van der Waals surface area contributed by atoms with Crippen LogP contribution >= 0.6 is 12.2 Å². The van der Waals surface area contributed by atoms with Gasteiger partial charge in [-0.15, -0.1) is 0 Å². The van der Waals surface area contributed by atoms with Crippen molar-refractivity contribution in [1.29, 1.82) is 0 Å². The number of hydrogen-bond donors (Lipinski definition) is 1. The minimum atomic E-state index is -0.502. The van der Waals surface area contributed by atoms with Crippen LogP contribution in [-0.4, -0.2) is 29.1 Å². The molecule has 0 radical (unpaired) electrons. The topological polar surface area (TPSA) is 41.6 Å². The van der Waals surface area contributed by atoms with Crippen LogP contribution < -0.4 is 5.32 Å². The van der Waals surface area contributed by atoms with Crippen molar-refractivity contribution in [3.63, 3.8) is 0 Å². The quantitative estimate of drug-likeness (QED) is 0.669. The Balaban J connectivity index is 2.06. The average molecular weight is 348 g/mol. The lowest BCUT2D eigenvalue weighted by Gasteiger charge is -2.40. The number of allylic oxidation sites excluding steroid dienone is 1. The van der Waals surface area contributed by atoms with Crippen molar-refractivity contribution in [2.45, 2.75) is 44.7 Å². The molecule has 0 saturated heterocycles. The Morgan fingerprint density at radius 2 is 2.08 bits per heavy atom. The number of esters is 1. The van der Waals surface area contributed by atoms with E-state index in [0.29, 0.717) is 22.3 Å². The summed E-state index contributed by atoms with van der Waals surface area (Å²) < 4.78 is 18.6. The van der Waals surface area contributed by atoms with Crippen LogP contribution in [0.2, 0.25) is 0 Å². The molecule has 0 spiro atoms. The number of nitrogens with one attached hydrogen (secondary N) is 1. The van der Waals surface area contributed by atoms with Crippen molar-refractivity contribution in [3.05, 3.63) is 46.9 Å². The van der Waals surface area contributed by atoms with Crippen molar-refractivity contribution in [1.82, 2.24) is 10.2 Å². The van der Waals surface area contributed by atoms with E-state index in [-0.39, 0.29) is 5.82 Å². The summed E-state index contributed by atoms with van der Waals surface area (Å²) in [7, 11) is 1.36. The zero-order valence-corrected chi connectivity index (χ0v) is 14.7. The number of carbonyl (C=O) groups is 1. The lowest BCUT2D eigenvalue weighted by atomic mass is 9.94. The number of rotatable bonds is 3. The van der Waals surface area contributed by atoms with E-state index in [1.54, 1.807) is 12.1 Å². The van der Waals surface area contributed by atoms with E-state index in [1.807, 2.05) is 11.8 Å². The molecule has 1 aliphatic carbocycles. The maximum atomic E-state index is 13.6. The SMILES string of the molecule is COC(=O)C1=C(C)N(C2CCCC2)C(=S)N[C@@H]1c1cccc(F)c1. The molecule has 1 aliphatic heterocycles. The highest BCUT2D eigenvalue weighted by atomic mass is 32.1. The molecule has 1 atom stereocenters. The predicted molar refractivity (Wildman–Crippen MR) is 93.7 cm³/mol. The van der Waals surface area contributed by atoms with Crippen molar-refractivity contribution < 1.29 is 13.9 Å². The fraction of sp³-hybridized carbons (Fsp3) is 0.444. The number of hydrogen-bond acceptors (Lipinski definition) is 3. The maximum absolute atomic E-state index is 13.6. The van der Waals surface area contributed by atoms with E-state index >= 15 is 0 Å². The number of thiocarbonyl (C=S) groups is 1. The lowest BCUT2D eigenvalue weighted by molar-refractivity contribution is -0.136. The molecule has 3 rings (SSSR count). The van der Waals surface area contributed by atoms with Gasteiger partial charge in [0.1, 0.15) is 5.82 Å². The van der Waals surface area contributed by atoms with Gasteiger partial charge in [0.25, 0.3) is 0 Å². The fourth-order valence-corrected chi connectivity index (χ4v) is 4.07. The monoisotopic (exact) mass is 348 g/mol. The Morgan fingerprint density at radius 3 is 2.71 bits per heavy atom. The van der Waals surface area contributed by atoms with Crippen LogP contribution in [0.25, 0.3) is 0 Å². The van der Waals surface area contributed by atoms with Crippen LogP contribution in [0, 0.1) is 5.82 Å². The molecular formula is C18H21FN2O2S. The molecule has 0 bridgehead atoms. The molecule has 6 heteroatoms. The molecule has 1 heterocycles. The highest BCUT2D eigenvalue weighted by Gasteiger charge is 2.38. The van der Waals surface area contributed by atoms with Crippen molar-refractivity contribution in [3.8, 4) is 0 Å². The molecule has 0 aromatic heterocycles. The second-order valence-electron chi connectivity index (χ2n) is 6.24. The van der Waals surface area contributed by atoms with Gasteiger partial charge in [-0.25, -0.2) is 9.18 Å². The first-order valence-corrected chi connectivity index (χ1v) is 8.58. The molecule has 0 amide bonds. The zero-order valence-electron chi connectivity index (χ0n) is 13.8. The first-order chi connectivity index (χ1) is 11.5. The number of halogens is 1. The standard InChI is InChI=1S/C18H21FN2O2S/c1-11-15(17(22)23-2)16(12-6-5-7-13(19)10-12)20-18(24)21(11)14-8-3-4-9-14/h5-7,10,14,16H,3-4,8-9H2,1-2H3,(H,20,24)/t16-/m1/s1. The van der Waals surface area contributed by atoms with Gasteiger partial charge in [-0.2, -0.15) is 0 Å². The Hall–Kier alpha value is -1.95. The fourth-order valence-electron chi connectivity index (χ4n) is 3.67. The number of carbonyl (C=O) groups excluding carboxylic acids is 1. The smallest absolute Gasteiger partial charge is 0.337 e. The van der Waals surface area contributed by atoms with Gasteiger partial charge in [-0.1, -0.05) is 25.0 Å². The molecule has 2 aliphatic rings. The van der Waals surface area contributed by atoms with Gasteiger partial charge in [0, 0.05) is 11.7 Å². The number of ether oxygens (including phenoxy) is 1. The van der Waals surface area contributed by atoms with Gasteiger partial charge in [-0.3, -0.25) is 0 Å². The lowest BCUT2D eigenvalue weighted by Crippen LogP contribution is -2.51. The maximum Gasteiger partial charge on any atom is 0.337 e. The van der Waals surface area contributed by atoms with Crippen LogP contribution in [0.5, 0.6) is 0 Å². The van der Waals surface area contributed by atoms with E-state index in [1.165, 1.54) is 19.2 Å². The molecule has 0 unspecified atom stereocenters. The van der Waals surface area contributed by atoms with E-state index in [0.717, 1.165) is 31.4 Å². The van der Waals surface area contributed by atoms with Crippen LogP contribution in [0.3, 0.4) is 0 Å². The van der Waals surface area contributed by atoms with E-state index in [4.69, 9.17) is 17.0 Å². The molecule has 1 aromatic carbocycles. The molecule has 128 valence electrons. The van der Waals surface area contributed by atoms with E-state index < -0.39 is 12.0 Å². The zero-order chi connectivity index (χ0) is 17.3. The third-order valence-electron chi connectivity index (χ3n) is 4.80. The number of nitrogens with zero attached hydrogens (tertiary/aromatic N) is 1. The van der Waals surface area contributed by atoms with Crippen molar-refractivity contribution in [2.75, 3.05) is 7.11 Å². The summed E-state index contributed by atoms with van der Waals surface area (Å²) in [6.45, 7) is 1.89. The summed E-state index contributed by atoms with van der Waals surface area (Å²) in [6, 6.07) is 6.01. The Kier molecular flexibility index (Phi) is 4.85. The average Bonchev–Trinajstić information content (AvgIpc) is 3.07. The Labute approximate surface area is 146 Å². The van der Waals surface area contributed by atoms with Crippen LogP contribution in [0.4, 0.5) is 4.39 Å². The molecule has 1 saturated carbocycles. The molecular weight excluding hydrogens is 327 g/mol. The molecule has 1 aromatic rings. The number of methoxy groups -OCH3 is 1. The molecule has 1 fully saturated rings. The summed E-state index contributed by atoms with van der Waals surface area (Å²) in [4.78, 5) is 14.5. The second-order valence-corrected chi connectivity index (χ2v) is 6.62. The van der Waals surface area contributed by atoms with Crippen LogP contribution in [0.1, 0.15) is 44.2 Å². The second kappa shape index (κ2) is 6.89. The summed E-state index contributed by atoms with van der Waals surface area (Å²) in [5.74, 6) is -0.764. The minimum absolute atomic E-state index is 0.304. The van der Waals surface area contributed by atoms with Crippen molar-refractivity contribution in [2.24, 2.45) is 0 Å². The van der Waals surface area contributed by atoms with Gasteiger partial charge in [-0.05, 0) is 49.7 Å². The first-order valence-electron chi connectivity index (χ1n) is 8.17. The van der Waals surface area contributed by atoms with Crippen LogP contribution in [0.15, 0.2) is 35.5 Å². The highest BCUT2D eigenvalue weighted by Crippen LogP contribution is 2.35. The van der Waals surface area contributed by atoms with Gasteiger partial charge < -0.3 is 15.0 Å². The number of benzene rings is 1. The minimum Gasteiger partial charge on any atom is -0.466 e. The van der Waals surface area contributed by atoms with Gasteiger partial charge in [0.05, 0.1) is 18.7 Å². The Bertz CT molecular complexity index is 698. The van der Waals surface area contributed by atoms with Gasteiger partial charge >= 0.3 is 5.97 Å². The van der Waals surface area contributed by atoms with E-state index in [9.17, 15) is 9.18 Å². The van der Waals surface area contributed by atoms with Crippen molar-refractivity contribution >= 4 is 23.3 Å². The van der Waals surface area contributed by atoms with Gasteiger partial charge in [0.2, 0.25) is 0 Å². The summed E-state index contributed by atoms with van der Waals surface area (Å²) >= 11 is 5.56. The van der Waals surface area contributed by atoms with Gasteiger partial charge in [0.15, 0.2) is 5.11 Å². The third kappa shape index (κ3) is 3.02. The Morgan fingerprint density at radius 1 is 1.38 bits per heavy atom. The normalized spacial score (nSPS) is 21.9. The molecule has 24 heavy (non-hydrogen) atoms. The highest BCUT2D eigenvalue weighted by molar-refractivity contribution is 7.80. The third-order valence-corrected chi connectivity index (χ3v) is 5.12. The van der Waals surface area contributed by atoms with Crippen LogP contribution in [-0.2, 0) is 9.53 Å².